The van der Waals surface area contributed by atoms with E-state index in [2.05, 4.69) is 58.3 Å². The molecule has 0 spiro atoms. The first-order valence-electron chi connectivity index (χ1n) is 9.46. The first-order chi connectivity index (χ1) is 13.7. The van der Waals surface area contributed by atoms with Crippen molar-refractivity contribution in [3.8, 4) is 17.1 Å². The van der Waals surface area contributed by atoms with Crippen molar-refractivity contribution in [1.29, 1.82) is 0 Å². The third kappa shape index (κ3) is 4.48. The van der Waals surface area contributed by atoms with Crippen LogP contribution in [0.15, 0.2) is 53.6 Å². The smallest absolute Gasteiger partial charge is 0.216 e. The van der Waals surface area contributed by atoms with Crippen LogP contribution < -0.4 is 9.64 Å². The van der Waals surface area contributed by atoms with Gasteiger partial charge < -0.3 is 9.64 Å². The van der Waals surface area contributed by atoms with Crippen LogP contribution in [0.2, 0.25) is 0 Å². The van der Waals surface area contributed by atoms with Gasteiger partial charge in [-0.3, -0.25) is 0 Å². The topological polar surface area (TPSA) is 58.4 Å². The molecule has 6 nitrogen and oxygen atoms in total. The summed E-state index contributed by atoms with van der Waals surface area (Å²) in [6.45, 7) is 8.84. The standard InChI is InChI=1S/C21H25N5OS/c1-4-25(5-2)18-12-10-16(11-13-18)15-22-26-20(23-24-21(26)28)17-8-7-9-19(14-17)27-6-3/h7-15H,4-6H2,1-3H3,(H,24,28)/b22-15+. The van der Waals surface area contributed by atoms with Crippen molar-refractivity contribution in [3.63, 3.8) is 0 Å². The number of benzene rings is 2. The molecular formula is C21H25N5OS. The van der Waals surface area contributed by atoms with Gasteiger partial charge in [0.15, 0.2) is 5.82 Å². The van der Waals surface area contributed by atoms with Gasteiger partial charge in [-0.2, -0.15) is 14.9 Å². The summed E-state index contributed by atoms with van der Waals surface area (Å²) in [5.41, 5.74) is 3.08. The Kier molecular flexibility index (Phi) is 6.60. The minimum Gasteiger partial charge on any atom is -0.494 e. The van der Waals surface area contributed by atoms with Crippen molar-refractivity contribution >= 4 is 24.1 Å². The average Bonchev–Trinajstić information content (AvgIpc) is 3.09. The molecule has 0 radical (unpaired) electrons. The third-order valence-electron chi connectivity index (χ3n) is 4.40. The molecule has 3 rings (SSSR count). The highest BCUT2D eigenvalue weighted by Gasteiger charge is 2.09. The summed E-state index contributed by atoms with van der Waals surface area (Å²) in [7, 11) is 0. The van der Waals surface area contributed by atoms with E-state index >= 15 is 0 Å². The van der Waals surface area contributed by atoms with E-state index in [1.807, 2.05) is 31.2 Å². The molecule has 2 aromatic carbocycles. The summed E-state index contributed by atoms with van der Waals surface area (Å²) in [4.78, 5) is 2.30. The molecule has 146 valence electrons. The van der Waals surface area contributed by atoms with Crippen molar-refractivity contribution < 1.29 is 4.74 Å². The van der Waals surface area contributed by atoms with Crippen molar-refractivity contribution in [2.45, 2.75) is 20.8 Å². The highest BCUT2D eigenvalue weighted by molar-refractivity contribution is 7.71. The molecule has 3 aromatic rings. The van der Waals surface area contributed by atoms with Crippen molar-refractivity contribution in [3.05, 3.63) is 58.9 Å². The van der Waals surface area contributed by atoms with E-state index in [4.69, 9.17) is 17.0 Å². The molecule has 0 bridgehead atoms. The van der Waals surface area contributed by atoms with E-state index in [0.717, 1.165) is 30.0 Å². The minimum atomic E-state index is 0.438. The lowest BCUT2D eigenvalue weighted by Gasteiger charge is -2.20. The van der Waals surface area contributed by atoms with E-state index in [1.54, 1.807) is 10.9 Å². The molecule has 0 saturated heterocycles. The Morgan fingerprint density at radius 2 is 1.89 bits per heavy atom. The molecule has 0 aliphatic rings. The lowest BCUT2D eigenvalue weighted by atomic mass is 10.2. The number of H-pyrrole nitrogens is 1. The Labute approximate surface area is 170 Å². The summed E-state index contributed by atoms with van der Waals surface area (Å²) >= 11 is 5.35. The Morgan fingerprint density at radius 3 is 2.57 bits per heavy atom. The van der Waals surface area contributed by atoms with E-state index in [-0.39, 0.29) is 0 Å². The van der Waals surface area contributed by atoms with Crippen molar-refractivity contribution in [1.82, 2.24) is 14.9 Å². The van der Waals surface area contributed by atoms with Crippen molar-refractivity contribution in [2.75, 3.05) is 24.6 Å². The number of anilines is 1. The van der Waals surface area contributed by atoms with Gasteiger partial charge in [0.2, 0.25) is 4.77 Å². The zero-order valence-corrected chi connectivity index (χ0v) is 17.2. The summed E-state index contributed by atoms with van der Waals surface area (Å²) in [5.74, 6) is 1.43. The molecule has 0 aliphatic heterocycles. The van der Waals surface area contributed by atoms with Crippen LogP contribution in [0.1, 0.15) is 26.3 Å². The Hall–Kier alpha value is -2.93. The zero-order valence-electron chi connectivity index (χ0n) is 16.4. The van der Waals surface area contributed by atoms with Crippen LogP contribution in [0.5, 0.6) is 5.75 Å². The Balaban J connectivity index is 1.86. The third-order valence-corrected chi connectivity index (χ3v) is 4.66. The first kappa shape index (κ1) is 19.8. The fourth-order valence-electron chi connectivity index (χ4n) is 2.96. The molecule has 0 atom stereocenters. The molecule has 0 saturated carbocycles. The van der Waals surface area contributed by atoms with Gasteiger partial charge in [-0.25, -0.2) is 5.10 Å². The van der Waals surface area contributed by atoms with Crippen LogP contribution >= 0.6 is 12.2 Å². The normalized spacial score (nSPS) is 11.1. The second kappa shape index (κ2) is 9.32. The maximum Gasteiger partial charge on any atom is 0.216 e. The molecular weight excluding hydrogens is 370 g/mol. The lowest BCUT2D eigenvalue weighted by molar-refractivity contribution is 0.340. The molecule has 0 amide bonds. The largest absolute Gasteiger partial charge is 0.494 e. The fourth-order valence-corrected chi connectivity index (χ4v) is 3.14. The van der Waals surface area contributed by atoms with E-state index in [9.17, 15) is 0 Å². The number of rotatable bonds is 8. The maximum atomic E-state index is 5.58. The summed E-state index contributed by atoms with van der Waals surface area (Å²) in [6.07, 6.45) is 1.78. The number of nitrogens with zero attached hydrogens (tertiary/aromatic N) is 4. The van der Waals surface area contributed by atoms with Crippen LogP contribution in [0.3, 0.4) is 0 Å². The number of ether oxygens (including phenoxy) is 1. The Morgan fingerprint density at radius 1 is 1.14 bits per heavy atom. The molecule has 1 N–H and O–H groups in total. The van der Waals surface area contributed by atoms with Gasteiger partial charge in [0.1, 0.15) is 5.75 Å². The van der Waals surface area contributed by atoms with Gasteiger partial charge in [0.05, 0.1) is 12.8 Å². The predicted octanol–water partition coefficient (Wildman–Crippen LogP) is 4.73. The quantitative estimate of drug-likeness (QED) is 0.442. The molecule has 0 aliphatic carbocycles. The van der Waals surface area contributed by atoms with E-state index in [1.165, 1.54) is 5.69 Å². The number of aromatic nitrogens is 3. The SMILES string of the molecule is CCOc1cccc(-c2n[nH]c(=S)n2/N=C/c2ccc(N(CC)CC)cc2)c1. The molecule has 0 fully saturated rings. The van der Waals surface area contributed by atoms with E-state index < -0.39 is 0 Å². The highest BCUT2D eigenvalue weighted by atomic mass is 32.1. The second-order valence-corrected chi connectivity index (χ2v) is 6.52. The van der Waals surface area contributed by atoms with Crippen LogP contribution in [0.25, 0.3) is 11.4 Å². The summed E-state index contributed by atoms with van der Waals surface area (Å²) in [5, 5.41) is 11.7. The molecule has 7 heteroatoms. The van der Waals surface area contributed by atoms with Gasteiger partial charge in [0.25, 0.3) is 0 Å². The average molecular weight is 396 g/mol. The molecule has 0 unspecified atom stereocenters. The highest BCUT2D eigenvalue weighted by Crippen LogP contribution is 2.22. The van der Waals surface area contributed by atoms with Crippen LogP contribution in [0, 0.1) is 4.77 Å². The van der Waals surface area contributed by atoms with Gasteiger partial charge >= 0.3 is 0 Å². The number of hydrogen-bond donors (Lipinski definition) is 1. The summed E-state index contributed by atoms with van der Waals surface area (Å²) in [6, 6.07) is 16.0. The van der Waals surface area contributed by atoms with Crippen LogP contribution in [0.4, 0.5) is 5.69 Å². The second-order valence-electron chi connectivity index (χ2n) is 6.13. The first-order valence-corrected chi connectivity index (χ1v) is 9.87. The van der Waals surface area contributed by atoms with Crippen LogP contribution in [-0.2, 0) is 0 Å². The molecule has 1 aromatic heterocycles. The fraction of sp³-hybridized carbons (Fsp3) is 0.286. The van der Waals surface area contributed by atoms with Crippen LogP contribution in [-0.4, -0.2) is 40.8 Å². The number of nitrogens with one attached hydrogen (secondary N) is 1. The van der Waals surface area contributed by atoms with Gasteiger partial charge in [-0.05, 0) is 62.8 Å². The van der Waals surface area contributed by atoms with Gasteiger partial charge in [-0.15, -0.1) is 0 Å². The van der Waals surface area contributed by atoms with E-state index in [0.29, 0.717) is 17.2 Å². The number of aromatic amines is 1. The van der Waals surface area contributed by atoms with Gasteiger partial charge in [0, 0.05) is 24.3 Å². The Bertz CT molecular complexity index is 987. The minimum absolute atomic E-state index is 0.438. The van der Waals surface area contributed by atoms with Gasteiger partial charge in [-0.1, -0.05) is 24.3 Å². The maximum absolute atomic E-state index is 5.58. The van der Waals surface area contributed by atoms with Crippen molar-refractivity contribution in [2.24, 2.45) is 5.10 Å². The predicted molar refractivity (Wildman–Crippen MR) is 117 cm³/mol. The summed E-state index contributed by atoms with van der Waals surface area (Å²) < 4.78 is 7.64. The molecule has 28 heavy (non-hydrogen) atoms. The number of hydrogen-bond acceptors (Lipinski definition) is 5. The molecule has 1 heterocycles. The zero-order chi connectivity index (χ0) is 19.9. The monoisotopic (exact) mass is 395 g/mol. The lowest BCUT2D eigenvalue weighted by Crippen LogP contribution is -2.21.